The third-order valence-electron chi connectivity index (χ3n) is 3.96. The standard InChI is InChI=1S/C21H17N3O3/c25-21(24-23-20-7-3-4-12-22-20)19-11-10-18(27-19)14-26-17-9-8-15-5-1-2-6-16(15)13-17/h1-13H,14H2,(H,22,23)(H,24,25). The topological polar surface area (TPSA) is 76.4 Å². The van der Waals surface area contributed by atoms with Gasteiger partial charge in [-0.25, -0.2) is 4.98 Å². The number of aromatic nitrogens is 1. The maximum Gasteiger partial charge on any atom is 0.305 e. The number of pyridine rings is 1. The van der Waals surface area contributed by atoms with E-state index in [1.807, 2.05) is 42.5 Å². The fourth-order valence-corrected chi connectivity index (χ4v) is 2.61. The molecule has 1 amide bonds. The van der Waals surface area contributed by atoms with Crippen molar-refractivity contribution in [2.24, 2.45) is 0 Å². The summed E-state index contributed by atoms with van der Waals surface area (Å²) in [5, 5.41) is 2.26. The smallest absolute Gasteiger partial charge is 0.305 e. The van der Waals surface area contributed by atoms with Crippen molar-refractivity contribution in [2.75, 3.05) is 5.43 Å². The average molecular weight is 359 g/mol. The van der Waals surface area contributed by atoms with Gasteiger partial charge in [-0.15, -0.1) is 0 Å². The highest BCUT2D eigenvalue weighted by Gasteiger charge is 2.11. The highest BCUT2D eigenvalue weighted by Crippen LogP contribution is 2.21. The Morgan fingerprint density at radius 1 is 0.963 bits per heavy atom. The molecule has 4 rings (SSSR count). The van der Waals surface area contributed by atoms with Crippen LogP contribution in [0.4, 0.5) is 5.82 Å². The first kappa shape index (κ1) is 16.7. The summed E-state index contributed by atoms with van der Waals surface area (Å²) in [6.07, 6.45) is 1.63. The number of carbonyl (C=O) groups is 1. The van der Waals surface area contributed by atoms with E-state index < -0.39 is 5.91 Å². The van der Waals surface area contributed by atoms with Gasteiger partial charge in [-0.1, -0.05) is 36.4 Å². The molecule has 0 spiro atoms. The molecule has 27 heavy (non-hydrogen) atoms. The Bertz CT molecular complexity index is 1060. The molecule has 4 aromatic rings. The van der Waals surface area contributed by atoms with Gasteiger partial charge in [0, 0.05) is 6.20 Å². The number of nitrogens with one attached hydrogen (secondary N) is 2. The fraction of sp³-hybridized carbons (Fsp3) is 0.0476. The zero-order chi connectivity index (χ0) is 18.5. The van der Waals surface area contributed by atoms with Crippen LogP contribution in [0.15, 0.2) is 83.4 Å². The summed E-state index contributed by atoms with van der Waals surface area (Å²) in [6.45, 7) is 0.235. The lowest BCUT2D eigenvalue weighted by atomic mass is 10.1. The molecule has 0 saturated heterocycles. The van der Waals surface area contributed by atoms with Gasteiger partial charge in [0.1, 0.15) is 23.9 Å². The van der Waals surface area contributed by atoms with Crippen molar-refractivity contribution in [3.63, 3.8) is 0 Å². The molecule has 2 N–H and O–H groups in total. The van der Waals surface area contributed by atoms with E-state index in [2.05, 4.69) is 21.9 Å². The number of carbonyl (C=O) groups excluding carboxylic acids is 1. The third kappa shape index (κ3) is 4.07. The molecule has 0 unspecified atom stereocenters. The summed E-state index contributed by atoms with van der Waals surface area (Å²) in [7, 11) is 0. The van der Waals surface area contributed by atoms with Gasteiger partial charge in [0.25, 0.3) is 0 Å². The Morgan fingerprint density at radius 3 is 2.67 bits per heavy atom. The molecule has 0 aliphatic rings. The second-order valence-electron chi connectivity index (χ2n) is 5.86. The number of benzene rings is 2. The SMILES string of the molecule is O=C(NNc1ccccn1)c1ccc(COc2ccc3ccccc3c2)o1. The number of nitrogens with zero attached hydrogens (tertiary/aromatic N) is 1. The molecule has 0 radical (unpaired) electrons. The summed E-state index contributed by atoms with van der Waals surface area (Å²) in [6, 6.07) is 22.6. The van der Waals surface area contributed by atoms with E-state index in [0.29, 0.717) is 11.6 Å². The van der Waals surface area contributed by atoms with Gasteiger partial charge in [-0.3, -0.25) is 15.6 Å². The predicted octanol–water partition coefficient (Wildman–Crippen LogP) is 4.16. The first-order valence-electron chi connectivity index (χ1n) is 8.46. The maximum absolute atomic E-state index is 12.1. The Balaban J connectivity index is 1.35. The zero-order valence-electron chi connectivity index (χ0n) is 14.4. The number of amides is 1. The van der Waals surface area contributed by atoms with Crippen molar-refractivity contribution in [1.82, 2.24) is 10.4 Å². The normalized spacial score (nSPS) is 10.5. The number of hydrogen-bond acceptors (Lipinski definition) is 5. The van der Waals surface area contributed by atoms with Crippen LogP contribution in [-0.2, 0) is 6.61 Å². The second kappa shape index (κ2) is 7.61. The van der Waals surface area contributed by atoms with Crippen LogP contribution in [0.25, 0.3) is 10.8 Å². The van der Waals surface area contributed by atoms with Gasteiger partial charge < -0.3 is 9.15 Å². The first-order valence-corrected chi connectivity index (χ1v) is 8.46. The number of ether oxygens (including phenoxy) is 1. The number of anilines is 1. The molecule has 6 heteroatoms. The molecule has 6 nitrogen and oxygen atoms in total. The molecule has 0 bridgehead atoms. The first-order chi connectivity index (χ1) is 13.3. The van der Waals surface area contributed by atoms with Crippen LogP contribution in [0.5, 0.6) is 5.75 Å². The molecule has 2 aromatic heterocycles. The Morgan fingerprint density at radius 2 is 1.81 bits per heavy atom. The lowest BCUT2D eigenvalue weighted by molar-refractivity contribution is 0.0931. The lowest BCUT2D eigenvalue weighted by Crippen LogP contribution is -2.29. The van der Waals surface area contributed by atoms with E-state index in [1.54, 1.807) is 30.5 Å². The molecular formula is C21H17N3O3. The summed E-state index contributed by atoms with van der Waals surface area (Å²) in [4.78, 5) is 16.2. The highest BCUT2D eigenvalue weighted by molar-refractivity contribution is 5.92. The van der Waals surface area contributed by atoms with Gasteiger partial charge in [-0.05, 0) is 47.2 Å². The van der Waals surface area contributed by atoms with E-state index in [-0.39, 0.29) is 12.4 Å². The van der Waals surface area contributed by atoms with E-state index in [0.717, 1.165) is 16.5 Å². The average Bonchev–Trinajstić information content (AvgIpc) is 3.20. The van der Waals surface area contributed by atoms with E-state index in [4.69, 9.17) is 9.15 Å². The number of rotatable bonds is 6. The fourth-order valence-electron chi connectivity index (χ4n) is 2.61. The Labute approximate surface area is 155 Å². The third-order valence-corrected chi connectivity index (χ3v) is 3.96. The Kier molecular flexibility index (Phi) is 4.70. The number of fused-ring (bicyclic) bond motifs is 1. The van der Waals surface area contributed by atoms with E-state index >= 15 is 0 Å². The molecule has 2 aromatic carbocycles. The number of hydrazine groups is 1. The van der Waals surface area contributed by atoms with Crippen LogP contribution in [-0.4, -0.2) is 10.9 Å². The molecule has 134 valence electrons. The van der Waals surface area contributed by atoms with E-state index in [9.17, 15) is 4.79 Å². The molecule has 0 saturated carbocycles. The van der Waals surface area contributed by atoms with Gasteiger partial charge in [0.15, 0.2) is 5.76 Å². The van der Waals surface area contributed by atoms with E-state index in [1.165, 1.54) is 0 Å². The summed E-state index contributed by atoms with van der Waals surface area (Å²) in [5.41, 5.74) is 5.26. The molecule has 2 heterocycles. The van der Waals surface area contributed by atoms with Gasteiger partial charge in [0.05, 0.1) is 0 Å². The summed E-state index contributed by atoms with van der Waals surface area (Å²) < 4.78 is 11.3. The largest absolute Gasteiger partial charge is 0.486 e. The van der Waals surface area contributed by atoms with Crippen molar-refractivity contribution >= 4 is 22.5 Å². The monoisotopic (exact) mass is 359 g/mol. The maximum atomic E-state index is 12.1. The van der Waals surface area contributed by atoms with Crippen molar-refractivity contribution < 1.29 is 13.9 Å². The zero-order valence-corrected chi connectivity index (χ0v) is 14.4. The lowest BCUT2D eigenvalue weighted by Gasteiger charge is -2.06. The van der Waals surface area contributed by atoms with Crippen molar-refractivity contribution in [2.45, 2.75) is 6.61 Å². The quantitative estimate of drug-likeness (QED) is 0.506. The van der Waals surface area contributed by atoms with Crippen LogP contribution in [0.3, 0.4) is 0 Å². The molecule has 0 fully saturated rings. The van der Waals surface area contributed by atoms with Gasteiger partial charge in [0.2, 0.25) is 0 Å². The van der Waals surface area contributed by atoms with Gasteiger partial charge in [-0.2, -0.15) is 0 Å². The minimum Gasteiger partial charge on any atom is -0.486 e. The number of furan rings is 1. The minimum atomic E-state index is -0.391. The van der Waals surface area contributed by atoms with Crippen LogP contribution in [0, 0.1) is 0 Å². The minimum absolute atomic E-state index is 0.190. The molecule has 0 aliphatic heterocycles. The van der Waals surface area contributed by atoms with Crippen LogP contribution in [0.1, 0.15) is 16.3 Å². The summed E-state index contributed by atoms with van der Waals surface area (Å²) >= 11 is 0. The van der Waals surface area contributed by atoms with Crippen LogP contribution in [0.2, 0.25) is 0 Å². The highest BCUT2D eigenvalue weighted by atomic mass is 16.5. The van der Waals surface area contributed by atoms with Crippen LogP contribution >= 0.6 is 0 Å². The molecule has 0 atom stereocenters. The molecular weight excluding hydrogens is 342 g/mol. The van der Waals surface area contributed by atoms with Gasteiger partial charge >= 0.3 is 5.91 Å². The summed E-state index contributed by atoms with van der Waals surface area (Å²) in [5.74, 6) is 1.64. The van der Waals surface area contributed by atoms with Crippen molar-refractivity contribution in [3.8, 4) is 5.75 Å². The Hall–Kier alpha value is -3.80. The van der Waals surface area contributed by atoms with Crippen molar-refractivity contribution in [3.05, 3.63) is 90.5 Å². The molecule has 0 aliphatic carbocycles. The van der Waals surface area contributed by atoms with Crippen LogP contribution < -0.4 is 15.6 Å². The number of hydrogen-bond donors (Lipinski definition) is 2. The second-order valence-corrected chi connectivity index (χ2v) is 5.86. The predicted molar refractivity (Wildman–Crippen MR) is 102 cm³/mol. The van der Waals surface area contributed by atoms with Crippen molar-refractivity contribution in [1.29, 1.82) is 0 Å².